The summed E-state index contributed by atoms with van der Waals surface area (Å²) >= 11 is 0. The van der Waals surface area contributed by atoms with Crippen LogP contribution in [-0.2, 0) is 17.8 Å². The minimum absolute atomic E-state index is 0.107. The molecule has 4 rings (SSSR count). The Kier molecular flexibility index (Phi) is 6.94. The number of benzene rings is 3. The summed E-state index contributed by atoms with van der Waals surface area (Å²) in [6, 6.07) is 18.1. The van der Waals surface area contributed by atoms with Crippen LogP contribution in [0.15, 0.2) is 60.7 Å². The van der Waals surface area contributed by atoms with Gasteiger partial charge >= 0.3 is 5.97 Å². The number of anilines is 1. The number of carboxylic acids is 1. The van der Waals surface area contributed by atoms with Gasteiger partial charge in [0.05, 0.1) is 6.42 Å². The number of nitrogens with two attached hydrogens (primary N) is 1. The minimum atomic E-state index is -0.908. The number of hydrogen-bond acceptors (Lipinski definition) is 4. The number of ether oxygens (including phenoxy) is 1. The van der Waals surface area contributed by atoms with Gasteiger partial charge in [-0.25, -0.2) is 4.39 Å². The zero-order valence-electron chi connectivity index (χ0n) is 18.8. The summed E-state index contributed by atoms with van der Waals surface area (Å²) in [5, 5.41) is 9.18. The van der Waals surface area contributed by atoms with Gasteiger partial charge in [-0.2, -0.15) is 0 Å². The van der Waals surface area contributed by atoms with Gasteiger partial charge in [-0.15, -0.1) is 0 Å². The molecule has 6 heteroatoms. The molecule has 0 bridgehead atoms. The summed E-state index contributed by atoms with van der Waals surface area (Å²) in [5.41, 5.74) is 10.3. The first-order valence-corrected chi connectivity index (χ1v) is 11.3. The average Bonchev–Trinajstić information content (AvgIpc) is 3.33. The Labute approximate surface area is 193 Å². The molecule has 1 aliphatic heterocycles. The lowest BCUT2D eigenvalue weighted by molar-refractivity contribution is -0.136. The van der Waals surface area contributed by atoms with Crippen molar-refractivity contribution >= 4 is 11.7 Å². The van der Waals surface area contributed by atoms with Crippen LogP contribution in [-0.4, -0.2) is 24.2 Å². The maximum Gasteiger partial charge on any atom is 0.307 e. The number of rotatable bonds is 8. The van der Waals surface area contributed by atoms with E-state index < -0.39 is 12.0 Å². The number of hydrogen-bond donors (Lipinski definition) is 2. The van der Waals surface area contributed by atoms with Gasteiger partial charge in [0.2, 0.25) is 0 Å². The normalized spacial score (nSPS) is 14.3. The van der Waals surface area contributed by atoms with Gasteiger partial charge < -0.3 is 20.5 Å². The SMILES string of the molecule is CC(N)c1cccc(-c2cc(COc3ccccc3CC(=O)O)cc(N3CCCC3)c2)c1F. The second-order valence-corrected chi connectivity index (χ2v) is 8.55. The highest BCUT2D eigenvalue weighted by Crippen LogP contribution is 2.33. The van der Waals surface area contributed by atoms with Gasteiger partial charge in [0.15, 0.2) is 0 Å². The van der Waals surface area contributed by atoms with Gasteiger partial charge in [0, 0.05) is 41.5 Å². The molecule has 172 valence electrons. The smallest absolute Gasteiger partial charge is 0.307 e. The van der Waals surface area contributed by atoms with E-state index in [0.29, 0.717) is 22.4 Å². The molecule has 1 unspecified atom stereocenters. The number of halogens is 1. The average molecular weight is 449 g/mol. The highest BCUT2D eigenvalue weighted by atomic mass is 19.1. The third kappa shape index (κ3) is 5.34. The van der Waals surface area contributed by atoms with E-state index in [4.69, 9.17) is 10.5 Å². The van der Waals surface area contributed by atoms with Crippen LogP contribution >= 0.6 is 0 Å². The quantitative estimate of drug-likeness (QED) is 0.488. The highest BCUT2D eigenvalue weighted by molar-refractivity contribution is 5.72. The van der Waals surface area contributed by atoms with Crippen LogP contribution in [0.5, 0.6) is 5.75 Å². The summed E-state index contributed by atoms with van der Waals surface area (Å²) < 4.78 is 21.3. The molecule has 1 heterocycles. The molecule has 0 spiro atoms. The van der Waals surface area contributed by atoms with E-state index in [0.717, 1.165) is 42.7 Å². The standard InChI is InChI=1S/C27H29FN2O3/c1-18(29)23-8-6-9-24(27(23)28)21-13-19(14-22(15-21)30-11-4-5-12-30)17-33-25-10-3-2-7-20(25)16-26(31)32/h2-3,6-10,13-15,18H,4-5,11-12,16-17,29H2,1H3,(H,31,32). The fourth-order valence-electron chi connectivity index (χ4n) is 4.31. The second kappa shape index (κ2) is 10.0. The Morgan fingerprint density at radius 3 is 2.61 bits per heavy atom. The van der Waals surface area contributed by atoms with Crippen LogP contribution in [0.4, 0.5) is 10.1 Å². The highest BCUT2D eigenvalue weighted by Gasteiger charge is 2.18. The molecule has 33 heavy (non-hydrogen) atoms. The van der Waals surface area contributed by atoms with Crippen molar-refractivity contribution in [1.29, 1.82) is 0 Å². The number of carboxylic acid groups (broad SMARTS) is 1. The number of nitrogens with zero attached hydrogens (tertiary/aromatic N) is 1. The van der Waals surface area contributed by atoms with Crippen molar-refractivity contribution < 1.29 is 19.0 Å². The Morgan fingerprint density at radius 2 is 1.88 bits per heavy atom. The van der Waals surface area contributed by atoms with Crippen molar-refractivity contribution in [3.8, 4) is 16.9 Å². The Morgan fingerprint density at radius 1 is 1.12 bits per heavy atom. The number of aliphatic carboxylic acids is 1. The first-order valence-electron chi connectivity index (χ1n) is 11.3. The number of para-hydroxylation sites is 1. The zero-order chi connectivity index (χ0) is 23.4. The van der Waals surface area contributed by atoms with Gasteiger partial charge in [-0.1, -0.05) is 36.4 Å². The van der Waals surface area contributed by atoms with Gasteiger partial charge in [0.1, 0.15) is 18.2 Å². The summed E-state index contributed by atoms with van der Waals surface area (Å²) in [7, 11) is 0. The fourth-order valence-corrected chi connectivity index (χ4v) is 4.31. The van der Waals surface area contributed by atoms with Crippen molar-refractivity contribution in [2.75, 3.05) is 18.0 Å². The maximum atomic E-state index is 15.3. The van der Waals surface area contributed by atoms with Crippen molar-refractivity contribution in [1.82, 2.24) is 0 Å². The molecule has 3 aromatic rings. The third-order valence-electron chi connectivity index (χ3n) is 5.99. The topological polar surface area (TPSA) is 75.8 Å². The molecule has 0 amide bonds. The van der Waals surface area contributed by atoms with Crippen LogP contribution in [0.2, 0.25) is 0 Å². The van der Waals surface area contributed by atoms with E-state index in [1.807, 2.05) is 24.3 Å². The summed E-state index contributed by atoms with van der Waals surface area (Å²) in [4.78, 5) is 13.5. The summed E-state index contributed by atoms with van der Waals surface area (Å²) in [5.74, 6) is -0.670. The van der Waals surface area contributed by atoms with E-state index >= 15 is 4.39 Å². The summed E-state index contributed by atoms with van der Waals surface area (Å²) in [6.45, 7) is 3.96. The molecule has 0 saturated carbocycles. The van der Waals surface area contributed by atoms with E-state index in [-0.39, 0.29) is 18.8 Å². The molecular weight excluding hydrogens is 419 g/mol. The molecule has 1 saturated heterocycles. The maximum absolute atomic E-state index is 15.3. The lowest BCUT2D eigenvalue weighted by Crippen LogP contribution is -2.18. The van der Waals surface area contributed by atoms with E-state index in [9.17, 15) is 9.90 Å². The largest absolute Gasteiger partial charge is 0.489 e. The number of carbonyl (C=O) groups is 1. The zero-order valence-corrected chi connectivity index (χ0v) is 18.8. The van der Waals surface area contributed by atoms with Gasteiger partial charge in [-0.3, -0.25) is 4.79 Å². The molecule has 0 aliphatic carbocycles. The lowest BCUT2D eigenvalue weighted by atomic mass is 9.97. The lowest BCUT2D eigenvalue weighted by Gasteiger charge is -2.21. The summed E-state index contributed by atoms with van der Waals surface area (Å²) in [6.07, 6.45) is 2.16. The van der Waals surface area contributed by atoms with E-state index in [1.165, 1.54) is 0 Å². The van der Waals surface area contributed by atoms with E-state index in [2.05, 4.69) is 11.0 Å². The van der Waals surface area contributed by atoms with Crippen LogP contribution in [0.3, 0.4) is 0 Å². The van der Waals surface area contributed by atoms with Crippen LogP contribution < -0.4 is 15.4 Å². The molecule has 3 N–H and O–H groups in total. The molecule has 3 aromatic carbocycles. The Balaban J connectivity index is 1.69. The third-order valence-corrected chi connectivity index (χ3v) is 5.99. The minimum Gasteiger partial charge on any atom is -0.489 e. The molecule has 1 fully saturated rings. The first kappa shape index (κ1) is 22.8. The predicted molar refractivity (Wildman–Crippen MR) is 128 cm³/mol. The molecule has 1 aliphatic rings. The van der Waals surface area contributed by atoms with Crippen molar-refractivity contribution in [3.63, 3.8) is 0 Å². The Hall–Kier alpha value is -3.38. The molecule has 0 radical (unpaired) electrons. The molecular formula is C27H29FN2O3. The van der Waals surface area contributed by atoms with Crippen molar-refractivity contribution in [2.45, 2.75) is 38.8 Å². The van der Waals surface area contributed by atoms with Crippen LogP contribution in [0.25, 0.3) is 11.1 Å². The molecule has 1 atom stereocenters. The molecule has 0 aromatic heterocycles. The second-order valence-electron chi connectivity index (χ2n) is 8.55. The van der Waals surface area contributed by atoms with Crippen LogP contribution in [0, 0.1) is 5.82 Å². The van der Waals surface area contributed by atoms with Gasteiger partial charge in [-0.05, 0) is 55.2 Å². The van der Waals surface area contributed by atoms with Crippen molar-refractivity contribution in [3.05, 3.63) is 83.2 Å². The van der Waals surface area contributed by atoms with Crippen LogP contribution in [0.1, 0.15) is 42.5 Å². The van der Waals surface area contributed by atoms with Crippen molar-refractivity contribution in [2.24, 2.45) is 5.73 Å². The fraction of sp³-hybridized carbons (Fsp3) is 0.296. The monoisotopic (exact) mass is 448 g/mol. The molecule has 5 nitrogen and oxygen atoms in total. The Bertz CT molecular complexity index is 1140. The predicted octanol–water partition coefficient (Wildman–Crippen LogP) is 5.32. The first-order chi connectivity index (χ1) is 15.9. The van der Waals surface area contributed by atoms with Gasteiger partial charge in [0.25, 0.3) is 0 Å². The van der Waals surface area contributed by atoms with E-state index in [1.54, 1.807) is 37.3 Å².